The SMILES string of the molecule is OC(CNc1cncc2nnnn12)C(F)(F)F. The Morgan fingerprint density at radius 3 is 2.88 bits per heavy atom. The van der Waals surface area contributed by atoms with E-state index in [1.807, 2.05) is 0 Å². The first-order valence-corrected chi connectivity index (χ1v) is 4.49. The Kier molecular flexibility index (Phi) is 2.79. The largest absolute Gasteiger partial charge is 0.416 e. The monoisotopic (exact) mass is 248 g/mol. The topological polar surface area (TPSA) is 88.2 Å². The number of hydrogen-bond donors (Lipinski definition) is 2. The number of nitrogens with zero attached hydrogens (tertiary/aromatic N) is 5. The maximum atomic E-state index is 12.1. The lowest BCUT2D eigenvalue weighted by Crippen LogP contribution is -2.35. The van der Waals surface area contributed by atoms with Crippen LogP contribution < -0.4 is 5.32 Å². The van der Waals surface area contributed by atoms with Crippen molar-refractivity contribution in [1.82, 2.24) is 25.0 Å². The third-order valence-corrected chi connectivity index (χ3v) is 1.96. The van der Waals surface area contributed by atoms with Gasteiger partial charge < -0.3 is 10.4 Å². The van der Waals surface area contributed by atoms with E-state index in [9.17, 15) is 13.2 Å². The molecule has 2 N–H and O–H groups in total. The van der Waals surface area contributed by atoms with Gasteiger partial charge in [0.05, 0.1) is 18.9 Å². The number of rotatable bonds is 3. The molecule has 0 bridgehead atoms. The van der Waals surface area contributed by atoms with E-state index in [1.165, 1.54) is 16.9 Å². The van der Waals surface area contributed by atoms with Gasteiger partial charge >= 0.3 is 6.18 Å². The van der Waals surface area contributed by atoms with E-state index in [2.05, 4.69) is 25.8 Å². The standard InChI is InChI=1S/C7H7F3N6O/c8-7(9,10)4(17)1-12-5-2-11-3-6-13-14-15-16(5)6/h2-4,12,17H,1H2. The summed E-state index contributed by atoms with van der Waals surface area (Å²) in [5, 5.41) is 21.6. The molecular formula is C7H7F3N6O. The van der Waals surface area contributed by atoms with Crippen molar-refractivity contribution in [2.24, 2.45) is 0 Å². The van der Waals surface area contributed by atoms with Crippen molar-refractivity contribution in [1.29, 1.82) is 0 Å². The van der Waals surface area contributed by atoms with Crippen LogP contribution in [0.1, 0.15) is 0 Å². The van der Waals surface area contributed by atoms with Crippen LogP contribution in [0, 0.1) is 0 Å². The quantitative estimate of drug-likeness (QED) is 0.785. The lowest BCUT2D eigenvalue weighted by Gasteiger charge is -2.15. The Balaban J connectivity index is 2.12. The number of fused-ring (bicyclic) bond motifs is 1. The highest BCUT2D eigenvalue weighted by Gasteiger charge is 2.37. The molecule has 0 aliphatic heterocycles. The van der Waals surface area contributed by atoms with E-state index in [-0.39, 0.29) is 11.5 Å². The van der Waals surface area contributed by atoms with Gasteiger partial charge in [0.25, 0.3) is 0 Å². The molecule has 2 heterocycles. The van der Waals surface area contributed by atoms with Crippen molar-refractivity contribution in [3.8, 4) is 0 Å². The molecule has 0 aliphatic carbocycles. The van der Waals surface area contributed by atoms with Gasteiger partial charge in [-0.15, -0.1) is 5.10 Å². The van der Waals surface area contributed by atoms with E-state index >= 15 is 0 Å². The second-order valence-electron chi connectivity index (χ2n) is 3.18. The highest BCUT2D eigenvalue weighted by Crippen LogP contribution is 2.20. The van der Waals surface area contributed by atoms with Crippen molar-refractivity contribution in [3.63, 3.8) is 0 Å². The summed E-state index contributed by atoms with van der Waals surface area (Å²) in [5.41, 5.74) is 0.288. The molecular weight excluding hydrogens is 241 g/mol. The third-order valence-electron chi connectivity index (χ3n) is 1.96. The molecule has 7 nitrogen and oxygen atoms in total. The van der Waals surface area contributed by atoms with E-state index in [4.69, 9.17) is 5.11 Å². The normalized spacial score (nSPS) is 13.9. The predicted octanol–water partition coefficient (Wildman–Crippen LogP) is -0.146. The number of anilines is 1. The van der Waals surface area contributed by atoms with Crippen LogP contribution in [-0.4, -0.2) is 49.0 Å². The maximum Gasteiger partial charge on any atom is 0.416 e. The molecule has 0 aromatic carbocycles. The van der Waals surface area contributed by atoms with Gasteiger partial charge in [0, 0.05) is 0 Å². The van der Waals surface area contributed by atoms with E-state index in [1.54, 1.807) is 0 Å². The van der Waals surface area contributed by atoms with Crippen molar-refractivity contribution in [2.45, 2.75) is 12.3 Å². The molecule has 92 valence electrons. The van der Waals surface area contributed by atoms with Gasteiger partial charge in [0.1, 0.15) is 0 Å². The van der Waals surface area contributed by atoms with Gasteiger partial charge in [-0.05, 0) is 10.4 Å². The summed E-state index contributed by atoms with van der Waals surface area (Å²) >= 11 is 0. The first-order chi connectivity index (χ1) is 7.98. The molecule has 0 amide bonds. The molecule has 10 heteroatoms. The minimum absolute atomic E-state index is 0.163. The van der Waals surface area contributed by atoms with E-state index < -0.39 is 18.8 Å². The fourth-order valence-corrected chi connectivity index (χ4v) is 1.11. The number of alkyl halides is 3. The minimum Gasteiger partial charge on any atom is -0.382 e. The molecule has 1 unspecified atom stereocenters. The van der Waals surface area contributed by atoms with Crippen LogP contribution in [0.3, 0.4) is 0 Å². The summed E-state index contributed by atoms with van der Waals surface area (Å²) in [6, 6.07) is 0. The Bertz CT molecular complexity index is 512. The van der Waals surface area contributed by atoms with Gasteiger partial charge in [0.2, 0.25) is 0 Å². The van der Waals surface area contributed by atoms with Gasteiger partial charge in [-0.25, -0.2) is 0 Å². The smallest absolute Gasteiger partial charge is 0.382 e. The van der Waals surface area contributed by atoms with Crippen LogP contribution in [0.2, 0.25) is 0 Å². The lowest BCUT2D eigenvalue weighted by molar-refractivity contribution is -0.198. The molecule has 0 saturated heterocycles. The van der Waals surface area contributed by atoms with Gasteiger partial charge in [-0.3, -0.25) is 4.98 Å². The fraction of sp³-hybridized carbons (Fsp3) is 0.429. The Hall–Kier alpha value is -1.97. The number of tetrazole rings is 1. The Morgan fingerprint density at radius 1 is 1.41 bits per heavy atom. The summed E-state index contributed by atoms with van der Waals surface area (Å²) in [6.45, 7) is -0.704. The average Bonchev–Trinajstić information content (AvgIpc) is 2.72. The summed E-state index contributed by atoms with van der Waals surface area (Å²) in [7, 11) is 0. The molecule has 0 saturated carbocycles. The number of halogens is 3. The van der Waals surface area contributed by atoms with Crippen LogP contribution in [0.15, 0.2) is 12.4 Å². The van der Waals surface area contributed by atoms with Crippen LogP contribution >= 0.6 is 0 Å². The molecule has 2 rings (SSSR count). The summed E-state index contributed by atoms with van der Waals surface area (Å²) in [6.07, 6.45) is -4.53. The molecule has 0 spiro atoms. The number of aliphatic hydroxyl groups excluding tert-OH is 1. The van der Waals surface area contributed by atoms with Crippen molar-refractivity contribution >= 4 is 11.5 Å². The predicted molar refractivity (Wildman–Crippen MR) is 49.1 cm³/mol. The Labute approximate surface area is 92.3 Å². The molecule has 0 radical (unpaired) electrons. The third kappa shape index (κ3) is 2.41. The van der Waals surface area contributed by atoms with Gasteiger partial charge in [-0.1, -0.05) is 0 Å². The second-order valence-corrected chi connectivity index (χ2v) is 3.18. The highest BCUT2D eigenvalue weighted by molar-refractivity contribution is 5.43. The zero-order valence-corrected chi connectivity index (χ0v) is 8.26. The zero-order chi connectivity index (χ0) is 12.5. The Morgan fingerprint density at radius 2 is 2.18 bits per heavy atom. The number of nitrogens with one attached hydrogen (secondary N) is 1. The molecule has 0 aliphatic rings. The lowest BCUT2D eigenvalue weighted by atomic mass is 10.3. The maximum absolute atomic E-state index is 12.1. The average molecular weight is 248 g/mol. The number of hydrogen-bond acceptors (Lipinski definition) is 6. The molecule has 17 heavy (non-hydrogen) atoms. The van der Waals surface area contributed by atoms with Crippen molar-refractivity contribution in [2.75, 3.05) is 11.9 Å². The summed E-state index contributed by atoms with van der Waals surface area (Å²) in [4.78, 5) is 3.74. The summed E-state index contributed by atoms with van der Waals surface area (Å²) < 4.78 is 37.3. The van der Waals surface area contributed by atoms with Crippen LogP contribution in [0.25, 0.3) is 5.65 Å². The first-order valence-electron chi connectivity index (χ1n) is 4.49. The highest BCUT2D eigenvalue weighted by atomic mass is 19.4. The molecule has 1 atom stereocenters. The van der Waals surface area contributed by atoms with E-state index in [0.29, 0.717) is 0 Å². The van der Waals surface area contributed by atoms with E-state index in [0.717, 1.165) is 0 Å². The van der Waals surface area contributed by atoms with Gasteiger partial charge in [0.15, 0.2) is 17.6 Å². The minimum atomic E-state index is -4.67. The summed E-state index contributed by atoms with van der Waals surface area (Å²) in [5.74, 6) is 0.163. The molecule has 2 aromatic rings. The van der Waals surface area contributed by atoms with Gasteiger partial charge in [-0.2, -0.15) is 17.7 Å². The fourth-order valence-electron chi connectivity index (χ4n) is 1.11. The first kappa shape index (κ1) is 11.5. The number of aliphatic hydroxyl groups is 1. The molecule has 0 fully saturated rings. The number of aromatic nitrogens is 5. The molecule has 2 aromatic heterocycles. The van der Waals surface area contributed by atoms with Crippen molar-refractivity contribution in [3.05, 3.63) is 12.4 Å². The van der Waals surface area contributed by atoms with Crippen LogP contribution in [0.4, 0.5) is 19.0 Å². The van der Waals surface area contributed by atoms with Crippen molar-refractivity contribution < 1.29 is 18.3 Å². The second kappa shape index (κ2) is 4.13. The zero-order valence-electron chi connectivity index (χ0n) is 8.26. The van der Waals surface area contributed by atoms with Crippen LogP contribution in [0.5, 0.6) is 0 Å². The van der Waals surface area contributed by atoms with Crippen LogP contribution in [-0.2, 0) is 0 Å².